The lowest BCUT2D eigenvalue weighted by Crippen LogP contribution is -2.18. The molecule has 1 aromatic heterocycles. The fourth-order valence-electron chi connectivity index (χ4n) is 9.73. The van der Waals surface area contributed by atoms with Crippen LogP contribution < -0.4 is 4.90 Å². The van der Waals surface area contributed by atoms with Gasteiger partial charge in [-0.2, -0.15) is 0 Å². The van der Waals surface area contributed by atoms with Gasteiger partial charge in [0.1, 0.15) is 11.2 Å². The second-order valence-corrected chi connectivity index (χ2v) is 16.1. The van der Waals surface area contributed by atoms with Crippen molar-refractivity contribution in [2.24, 2.45) is 0 Å². The van der Waals surface area contributed by atoms with Gasteiger partial charge in [-0.3, -0.25) is 0 Å². The van der Waals surface area contributed by atoms with E-state index in [1.54, 1.807) is 0 Å². The largest absolute Gasteiger partial charge is 0.456 e. The zero-order valence-corrected chi connectivity index (χ0v) is 30.9. The van der Waals surface area contributed by atoms with E-state index in [-0.39, 0.29) is 10.8 Å². The normalized spacial score (nSPS) is 14.6. The molecular formula is C52H39NO. The number of para-hydroxylation sites is 1. The van der Waals surface area contributed by atoms with E-state index in [9.17, 15) is 0 Å². The Balaban J connectivity index is 1.09. The van der Waals surface area contributed by atoms with E-state index in [1.807, 2.05) is 6.07 Å². The van der Waals surface area contributed by atoms with Gasteiger partial charge in [-0.15, -0.1) is 0 Å². The zero-order valence-electron chi connectivity index (χ0n) is 30.9. The summed E-state index contributed by atoms with van der Waals surface area (Å²) < 4.78 is 6.33. The SMILES string of the molecule is CC1(C)c2ccccc2-c2ccc(N(c3ccc(-c4cccc5ccc6oc7ccccc7c6c45)cc3)c3ccc4c(c3)C(C)(C)c3ccccc3-4)cc21. The van der Waals surface area contributed by atoms with Gasteiger partial charge < -0.3 is 9.32 Å². The van der Waals surface area contributed by atoms with E-state index in [0.717, 1.165) is 33.6 Å². The molecule has 1 heterocycles. The smallest absolute Gasteiger partial charge is 0.136 e. The minimum absolute atomic E-state index is 0.101. The molecule has 0 atom stereocenters. The van der Waals surface area contributed by atoms with Crippen LogP contribution in [-0.2, 0) is 10.8 Å². The van der Waals surface area contributed by atoms with Crippen molar-refractivity contribution in [1.29, 1.82) is 0 Å². The number of benzene rings is 8. The summed E-state index contributed by atoms with van der Waals surface area (Å²) in [5.41, 5.74) is 18.3. The summed E-state index contributed by atoms with van der Waals surface area (Å²) in [5.74, 6) is 0. The summed E-state index contributed by atoms with van der Waals surface area (Å²) in [7, 11) is 0. The number of nitrogens with zero attached hydrogens (tertiary/aromatic N) is 1. The van der Waals surface area contributed by atoms with Gasteiger partial charge in [0.2, 0.25) is 0 Å². The second-order valence-electron chi connectivity index (χ2n) is 16.1. The molecule has 9 aromatic rings. The van der Waals surface area contributed by atoms with Crippen LogP contribution in [0.3, 0.4) is 0 Å². The fourth-order valence-corrected chi connectivity index (χ4v) is 9.73. The molecule has 0 aliphatic heterocycles. The summed E-state index contributed by atoms with van der Waals surface area (Å²) in [6.07, 6.45) is 0. The Kier molecular flexibility index (Phi) is 6.39. The van der Waals surface area contributed by atoms with Crippen LogP contribution in [0, 0.1) is 0 Å². The standard InChI is InChI=1S/C52H39NO/c1-51(2)43-17-8-5-13-38(43)40-27-25-35(30-45(40)51)53(36-26-28-41-39-14-6-9-18-44(39)52(3,4)46(41)31-36)34-23-20-32(21-24-34)37-16-11-12-33-22-29-48-50(49(33)37)42-15-7-10-19-47(42)54-48/h5-31H,1-4H3. The van der Waals surface area contributed by atoms with Gasteiger partial charge in [-0.25, -0.2) is 0 Å². The third-order valence-corrected chi connectivity index (χ3v) is 12.5. The van der Waals surface area contributed by atoms with Gasteiger partial charge in [0, 0.05) is 44.1 Å². The molecule has 0 spiro atoms. The molecule has 11 rings (SSSR count). The monoisotopic (exact) mass is 693 g/mol. The van der Waals surface area contributed by atoms with Gasteiger partial charge in [-0.1, -0.05) is 143 Å². The van der Waals surface area contributed by atoms with E-state index in [2.05, 4.69) is 190 Å². The predicted octanol–water partition coefficient (Wildman–Crippen LogP) is 14.5. The minimum atomic E-state index is -0.101. The summed E-state index contributed by atoms with van der Waals surface area (Å²) in [4.78, 5) is 2.45. The Bertz CT molecular complexity index is 2890. The van der Waals surface area contributed by atoms with Gasteiger partial charge in [0.25, 0.3) is 0 Å². The highest BCUT2D eigenvalue weighted by molar-refractivity contribution is 6.22. The van der Waals surface area contributed by atoms with Gasteiger partial charge in [0.05, 0.1) is 0 Å². The lowest BCUT2D eigenvalue weighted by atomic mass is 9.82. The molecule has 258 valence electrons. The lowest BCUT2D eigenvalue weighted by molar-refractivity contribution is 0.660. The van der Waals surface area contributed by atoms with Crippen LogP contribution >= 0.6 is 0 Å². The highest BCUT2D eigenvalue weighted by Gasteiger charge is 2.37. The van der Waals surface area contributed by atoms with Crippen molar-refractivity contribution >= 4 is 49.8 Å². The molecular weight excluding hydrogens is 655 g/mol. The molecule has 54 heavy (non-hydrogen) atoms. The Morgan fingerprint density at radius 2 is 0.926 bits per heavy atom. The molecule has 8 aromatic carbocycles. The van der Waals surface area contributed by atoms with Gasteiger partial charge in [0.15, 0.2) is 0 Å². The van der Waals surface area contributed by atoms with Crippen LogP contribution in [0.1, 0.15) is 49.9 Å². The molecule has 2 aliphatic rings. The van der Waals surface area contributed by atoms with Crippen LogP contribution in [0.15, 0.2) is 168 Å². The van der Waals surface area contributed by atoms with E-state index < -0.39 is 0 Å². The predicted molar refractivity (Wildman–Crippen MR) is 226 cm³/mol. The fraction of sp³-hybridized carbons (Fsp3) is 0.115. The molecule has 0 bridgehead atoms. The molecule has 0 N–H and O–H groups in total. The maximum atomic E-state index is 6.33. The van der Waals surface area contributed by atoms with Crippen molar-refractivity contribution in [3.8, 4) is 33.4 Å². The third kappa shape index (κ3) is 4.28. The van der Waals surface area contributed by atoms with Gasteiger partial charge in [-0.05, 0) is 110 Å². The number of fused-ring (bicyclic) bond motifs is 11. The zero-order chi connectivity index (χ0) is 36.3. The highest BCUT2D eigenvalue weighted by atomic mass is 16.3. The number of rotatable bonds is 4. The van der Waals surface area contributed by atoms with Crippen LogP contribution in [0.25, 0.3) is 66.1 Å². The molecule has 2 heteroatoms. The lowest BCUT2D eigenvalue weighted by Gasteiger charge is -2.30. The van der Waals surface area contributed by atoms with Crippen molar-refractivity contribution in [2.75, 3.05) is 4.90 Å². The van der Waals surface area contributed by atoms with Crippen molar-refractivity contribution in [2.45, 2.75) is 38.5 Å². The Morgan fingerprint density at radius 1 is 0.389 bits per heavy atom. The molecule has 0 amide bonds. The molecule has 0 fully saturated rings. The van der Waals surface area contributed by atoms with Crippen LogP contribution in [0.4, 0.5) is 17.1 Å². The van der Waals surface area contributed by atoms with Crippen LogP contribution in [0.5, 0.6) is 0 Å². The summed E-state index contributed by atoms with van der Waals surface area (Å²) in [6.45, 7) is 9.44. The average Bonchev–Trinajstić information content (AvgIpc) is 3.78. The van der Waals surface area contributed by atoms with Crippen LogP contribution in [0.2, 0.25) is 0 Å². The summed E-state index contributed by atoms with van der Waals surface area (Å²) >= 11 is 0. The second kappa shape index (κ2) is 11.1. The molecule has 0 saturated carbocycles. The maximum absolute atomic E-state index is 6.33. The Labute approximate surface area is 315 Å². The first kappa shape index (κ1) is 31.2. The number of furan rings is 1. The average molecular weight is 694 g/mol. The number of anilines is 3. The molecule has 0 unspecified atom stereocenters. The first-order chi connectivity index (χ1) is 26.3. The minimum Gasteiger partial charge on any atom is -0.456 e. The van der Waals surface area contributed by atoms with E-state index in [1.165, 1.54) is 71.8 Å². The first-order valence-corrected chi connectivity index (χ1v) is 19.0. The summed E-state index contributed by atoms with van der Waals surface area (Å²) in [6, 6.07) is 60.4. The van der Waals surface area contributed by atoms with E-state index in [0.29, 0.717) is 0 Å². The van der Waals surface area contributed by atoms with E-state index >= 15 is 0 Å². The van der Waals surface area contributed by atoms with Crippen molar-refractivity contribution in [1.82, 2.24) is 0 Å². The van der Waals surface area contributed by atoms with Gasteiger partial charge >= 0.3 is 0 Å². The van der Waals surface area contributed by atoms with Crippen molar-refractivity contribution < 1.29 is 4.42 Å². The quantitative estimate of drug-likeness (QED) is 0.182. The highest BCUT2D eigenvalue weighted by Crippen LogP contribution is 2.53. The Morgan fingerprint density at radius 3 is 1.57 bits per heavy atom. The first-order valence-electron chi connectivity index (χ1n) is 19.0. The topological polar surface area (TPSA) is 16.4 Å². The molecule has 2 nitrogen and oxygen atoms in total. The Hall–Kier alpha value is -6.38. The third-order valence-electron chi connectivity index (χ3n) is 12.5. The van der Waals surface area contributed by atoms with Crippen molar-refractivity contribution in [3.05, 3.63) is 186 Å². The summed E-state index contributed by atoms with van der Waals surface area (Å²) in [5, 5.41) is 4.76. The molecule has 0 radical (unpaired) electrons. The number of hydrogen-bond acceptors (Lipinski definition) is 2. The number of hydrogen-bond donors (Lipinski definition) is 0. The van der Waals surface area contributed by atoms with Crippen molar-refractivity contribution in [3.63, 3.8) is 0 Å². The molecule has 0 saturated heterocycles. The molecule has 2 aliphatic carbocycles. The maximum Gasteiger partial charge on any atom is 0.136 e. The van der Waals surface area contributed by atoms with E-state index in [4.69, 9.17) is 4.42 Å². The van der Waals surface area contributed by atoms with Crippen LogP contribution in [-0.4, -0.2) is 0 Å².